The van der Waals surface area contributed by atoms with Crippen LogP contribution < -0.4 is 0 Å². The standard InChI is InChI=1S/C21H30N2O3/c24-20(15-17-4-5-17)23-11-8-21(9-12-23)18(7-14-26-21)6-13-25-16-19-3-1-2-10-22-19/h1-3,10,17-18H,4-9,11-16H2/t18-/m1/s1. The summed E-state index contributed by atoms with van der Waals surface area (Å²) in [5.41, 5.74) is 0.956. The van der Waals surface area contributed by atoms with Gasteiger partial charge in [-0.1, -0.05) is 6.07 Å². The van der Waals surface area contributed by atoms with Gasteiger partial charge < -0.3 is 14.4 Å². The normalized spacial score (nSPS) is 24.9. The van der Waals surface area contributed by atoms with Crippen molar-refractivity contribution in [2.75, 3.05) is 26.3 Å². The lowest BCUT2D eigenvalue weighted by Gasteiger charge is -2.42. The van der Waals surface area contributed by atoms with E-state index in [0.717, 1.165) is 64.1 Å². The molecule has 0 unspecified atom stereocenters. The molecule has 3 fully saturated rings. The SMILES string of the molecule is O=C(CC1CC1)N1CCC2(CC1)OCC[C@H]2CCOCc1ccccn1. The number of amides is 1. The Kier molecular flexibility index (Phi) is 5.55. The molecule has 0 aromatic carbocycles. The number of rotatable bonds is 7. The molecule has 1 atom stereocenters. The highest BCUT2D eigenvalue weighted by Crippen LogP contribution is 2.43. The van der Waals surface area contributed by atoms with Crippen molar-refractivity contribution >= 4 is 5.91 Å². The molecule has 1 amide bonds. The number of likely N-dealkylation sites (tertiary alicyclic amines) is 1. The fourth-order valence-corrected chi connectivity index (χ4v) is 4.46. The molecule has 4 rings (SSSR count). The summed E-state index contributed by atoms with van der Waals surface area (Å²) < 4.78 is 12.1. The first-order valence-electron chi connectivity index (χ1n) is 10.1. The molecule has 0 bridgehead atoms. The Bertz CT molecular complexity index is 595. The number of ether oxygens (including phenoxy) is 2. The second kappa shape index (κ2) is 8.05. The highest BCUT2D eigenvalue weighted by atomic mass is 16.5. The summed E-state index contributed by atoms with van der Waals surface area (Å²) in [6, 6.07) is 5.91. The van der Waals surface area contributed by atoms with Crippen LogP contribution in [0.25, 0.3) is 0 Å². The Hall–Kier alpha value is -1.46. The number of pyridine rings is 1. The zero-order valence-electron chi connectivity index (χ0n) is 15.6. The van der Waals surface area contributed by atoms with Crippen LogP contribution in [-0.4, -0.2) is 47.7 Å². The van der Waals surface area contributed by atoms with Gasteiger partial charge in [0.2, 0.25) is 5.91 Å². The van der Waals surface area contributed by atoms with Gasteiger partial charge in [-0.2, -0.15) is 0 Å². The average molecular weight is 358 g/mol. The minimum absolute atomic E-state index is 0.0231. The van der Waals surface area contributed by atoms with E-state index in [9.17, 15) is 4.79 Å². The summed E-state index contributed by atoms with van der Waals surface area (Å²) in [5.74, 6) is 1.58. The number of hydrogen-bond acceptors (Lipinski definition) is 4. The van der Waals surface area contributed by atoms with Crippen LogP contribution in [-0.2, 0) is 20.9 Å². The fraction of sp³-hybridized carbons (Fsp3) is 0.714. The predicted molar refractivity (Wildman–Crippen MR) is 98.5 cm³/mol. The molecule has 1 aromatic rings. The molecule has 1 aliphatic carbocycles. The molecule has 3 aliphatic rings. The number of piperidine rings is 1. The Morgan fingerprint density at radius 2 is 2.12 bits per heavy atom. The first-order valence-corrected chi connectivity index (χ1v) is 10.1. The van der Waals surface area contributed by atoms with Crippen LogP contribution in [0.1, 0.15) is 50.6 Å². The first kappa shape index (κ1) is 17.9. The van der Waals surface area contributed by atoms with Crippen molar-refractivity contribution in [3.63, 3.8) is 0 Å². The minimum atomic E-state index is -0.0231. The molecule has 5 nitrogen and oxygen atoms in total. The molecular weight excluding hydrogens is 328 g/mol. The quantitative estimate of drug-likeness (QED) is 0.703. The number of nitrogens with zero attached hydrogens (tertiary/aromatic N) is 2. The van der Waals surface area contributed by atoms with E-state index in [1.807, 2.05) is 18.2 Å². The third-order valence-electron chi connectivity index (χ3n) is 6.31. The van der Waals surface area contributed by atoms with Gasteiger partial charge in [0.05, 0.1) is 17.9 Å². The topological polar surface area (TPSA) is 51.7 Å². The summed E-state index contributed by atoms with van der Waals surface area (Å²) in [4.78, 5) is 18.7. The van der Waals surface area contributed by atoms with Gasteiger partial charge in [0.15, 0.2) is 0 Å². The van der Waals surface area contributed by atoms with E-state index >= 15 is 0 Å². The van der Waals surface area contributed by atoms with Crippen molar-refractivity contribution < 1.29 is 14.3 Å². The molecule has 1 spiro atoms. The monoisotopic (exact) mass is 358 g/mol. The van der Waals surface area contributed by atoms with Crippen LogP contribution in [0.15, 0.2) is 24.4 Å². The molecule has 0 radical (unpaired) electrons. The van der Waals surface area contributed by atoms with Gasteiger partial charge in [0.1, 0.15) is 0 Å². The third-order valence-corrected chi connectivity index (χ3v) is 6.31. The van der Waals surface area contributed by atoms with E-state index in [0.29, 0.717) is 24.3 Å². The van der Waals surface area contributed by atoms with Gasteiger partial charge in [0.25, 0.3) is 0 Å². The molecule has 2 aliphatic heterocycles. The number of aromatic nitrogens is 1. The van der Waals surface area contributed by atoms with Gasteiger partial charge in [-0.05, 0) is 62.5 Å². The van der Waals surface area contributed by atoms with Crippen molar-refractivity contribution in [1.82, 2.24) is 9.88 Å². The Morgan fingerprint density at radius 1 is 1.27 bits per heavy atom. The van der Waals surface area contributed by atoms with Crippen LogP contribution in [0.5, 0.6) is 0 Å². The first-order chi connectivity index (χ1) is 12.8. The summed E-state index contributed by atoms with van der Waals surface area (Å²) in [6.45, 7) is 3.89. The highest BCUT2D eigenvalue weighted by molar-refractivity contribution is 5.76. The van der Waals surface area contributed by atoms with Crippen molar-refractivity contribution in [2.24, 2.45) is 11.8 Å². The van der Waals surface area contributed by atoms with Gasteiger partial charge in [-0.3, -0.25) is 9.78 Å². The molecule has 26 heavy (non-hydrogen) atoms. The van der Waals surface area contributed by atoms with Crippen LogP contribution >= 0.6 is 0 Å². The van der Waals surface area contributed by atoms with Crippen LogP contribution in [0.4, 0.5) is 0 Å². The second-order valence-corrected chi connectivity index (χ2v) is 8.09. The van der Waals surface area contributed by atoms with E-state index in [4.69, 9.17) is 9.47 Å². The van der Waals surface area contributed by atoms with Crippen LogP contribution in [0, 0.1) is 11.8 Å². The van der Waals surface area contributed by atoms with Crippen molar-refractivity contribution in [3.05, 3.63) is 30.1 Å². The lowest BCUT2D eigenvalue weighted by Crippen LogP contribution is -2.49. The Morgan fingerprint density at radius 3 is 2.85 bits per heavy atom. The molecule has 5 heteroatoms. The van der Waals surface area contributed by atoms with Crippen molar-refractivity contribution in [1.29, 1.82) is 0 Å². The van der Waals surface area contributed by atoms with Gasteiger partial charge in [-0.15, -0.1) is 0 Å². The summed E-state index contributed by atoms with van der Waals surface area (Å²) in [6.07, 6.45) is 9.16. The van der Waals surface area contributed by atoms with Gasteiger partial charge >= 0.3 is 0 Å². The second-order valence-electron chi connectivity index (χ2n) is 8.09. The van der Waals surface area contributed by atoms with E-state index < -0.39 is 0 Å². The number of carbonyl (C=O) groups is 1. The summed E-state index contributed by atoms with van der Waals surface area (Å²) in [7, 11) is 0. The average Bonchev–Trinajstić information content (AvgIpc) is 3.41. The van der Waals surface area contributed by atoms with Gasteiger partial charge in [0, 0.05) is 38.9 Å². The molecular formula is C21H30N2O3. The van der Waals surface area contributed by atoms with E-state index in [1.54, 1.807) is 6.20 Å². The van der Waals surface area contributed by atoms with E-state index in [-0.39, 0.29) is 5.60 Å². The van der Waals surface area contributed by atoms with Crippen LogP contribution in [0.2, 0.25) is 0 Å². The minimum Gasteiger partial charge on any atom is -0.375 e. The summed E-state index contributed by atoms with van der Waals surface area (Å²) >= 11 is 0. The number of hydrogen-bond donors (Lipinski definition) is 0. The Labute approximate surface area is 156 Å². The molecule has 142 valence electrons. The highest BCUT2D eigenvalue weighted by Gasteiger charge is 2.46. The number of carbonyl (C=O) groups excluding carboxylic acids is 1. The fourth-order valence-electron chi connectivity index (χ4n) is 4.46. The van der Waals surface area contributed by atoms with Crippen LogP contribution in [0.3, 0.4) is 0 Å². The lowest BCUT2D eigenvalue weighted by molar-refractivity contribution is -0.138. The zero-order chi connectivity index (χ0) is 17.8. The maximum absolute atomic E-state index is 12.3. The van der Waals surface area contributed by atoms with E-state index in [1.165, 1.54) is 12.8 Å². The Balaban J connectivity index is 1.22. The van der Waals surface area contributed by atoms with Crippen molar-refractivity contribution in [2.45, 2.75) is 57.2 Å². The maximum atomic E-state index is 12.3. The molecule has 2 saturated heterocycles. The molecule has 0 N–H and O–H groups in total. The zero-order valence-corrected chi connectivity index (χ0v) is 15.6. The third kappa shape index (κ3) is 4.26. The van der Waals surface area contributed by atoms with Gasteiger partial charge in [-0.25, -0.2) is 0 Å². The molecule has 3 heterocycles. The van der Waals surface area contributed by atoms with Crippen molar-refractivity contribution in [3.8, 4) is 0 Å². The summed E-state index contributed by atoms with van der Waals surface area (Å²) in [5, 5.41) is 0. The maximum Gasteiger partial charge on any atom is 0.222 e. The smallest absolute Gasteiger partial charge is 0.222 e. The lowest BCUT2D eigenvalue weighted by atomic mass is 9.78. The molecule has 1 aromatic heterocycles. The largest absolute Gasteiger partial charge is 0.375 e. The molecule has 1 saturated carbocycles. The van der Waals surface area contributed by atoms with E-state index in [2.05, 4.69) is 9.88 Å². The predicted octanol–water partition coefficient (Wildman–Crippen LogP) is 3.19.